The van der Waals surface area contributed by atoms with Gasteiger partial charge in [-0.05, 0) is 45.6 Å². The fourth-order valence-electron chi connectivity index (χ4n) is 6.23. The Bertz CT molecular complexity index is 1200. The monoisotopic (exact) mass is 642 g/mol. The van der Waals surface area contributed by atoms with Gasteiger partial charge in [-0.2, -0.15) is 0 Å². The Morgan fingerprint density at radius 2 is 1.70 bits per heavy atom. The van der Waals surface area contributed by atoms with E-state index < -0.39 is 41.9 Å². The van der Waals surface area contributed by atoms with E-state index in [0.29, 0.717) is 58.3 Å². The normalized spacial score (nSPS) is 19.0. The zero-order valence-electron chi connectivity index (χ0n) is 27.5. The van der Waals surface area contributed by atoms with Gasteiger partial charge in [-0.15, -0.1) is 0 Å². The molecule has 1 aromatic rings. The van der Waals surface area contributed by atoms with E-state index in [2.05, 4.69) is 10.6 Å². The number of piperidine rings is 1. The van der Waals surface area contributed by atoms with Crippen LogP contribution >= 0.6 is 0 Å². The summed E-state index contributed by atoms with van der Waals surface area (Å²) < 4.78 is 16.9. The molecule has 46 heavy (non-hydrogen) atoms. The Morgan fingerprint density at radius 3 is 2.39 bits per heavy atom. The molecule has 2 fully saturated rings. The van der Waals surface area contributed by atoms with Crippen LogP contribution in [0.2, 0.25) is 0 Å². The maximum absolute atomic E-state index is 13.5. The average molecular weight is 643 g/mol. The topological polar surface area (TPSA) is 144 Å². The molecular formula is C34H50N4O8. The van der Waals surface area contributed by atoms with Crippen molar-refractivity contribution in [1.82, 2.24) is 20.4 Å². The van der Waals surface area contributed by atoms with Crippen LogP contribution in [-0.4, -0.2) is 90.1 Å². The minimum atomic E-state index is -0.880. The highest BCUT2D eigenvalue weighted by atomic mass is 16.6. The molecule has 12 nitrogen and oxygen atoms in total. The molecule has 4 amide bonds. The molecule has 2 unspecified atom stereocenters. The summed E-state index contributed by atoms with van der Waals surface area (Å²) in [6.07, 6.45) is 5.97. The molecule has 2 atom stereocenters. The molecule has 2 aliphatic heterocycles. The molecule has 2 N–H and O–H groups in total. The Kier molecular flexibility index (Phi) is 12.7. The summed E-state index contributed by atoms with van der Waals surface area (Å²) in [5.41, 5.74) is 0.330. The number of hydrogen-bond donors (Lipinski definition) is 2. The average Bonchev–Trinajstić information content (AvgIpc) is 3.25. The predicted octanol–water partition coefficient (Wildman–Crippen LogP) is 4.34. The van der Waals surface area contributed by atoms with E-state index >= 15 is 0 Å². The van der Waals surface area contributed by atoms with Crippen molar-refractivity contribution in [3.05, 3.63) is 29.8 Å². The van der Waals surface area contributed by atoms with Crippen LogP contribution in [0.15, 0.2) is 24.3 Å². The number of carbonyl (C=O) groups is 5. The summed E-state index contributed by atoms with van der Waals surface area (Å²) in [7, 11) is 0. The molecule has 0 spiro atoms. The molecule has 254 valence electrons. The summed E-state index contributed by atoms with van der Waals surface area (Å²) in [5.74, 6) is 0.437. The van der Waals surface area contributed by atoms with Gasteiger partial charge in [0.1, 0.15) is 36.4 Å². The number of hydrogen-bond acceptors (Lipinski definition) is 8. The lowest BCUT2D eigenvalue weighted by atomic mass is 9.84. The van der Waals surface area contributed by atoms with Gasteiger partial charge < -0.3 is 39.4 Å². The third-order valence-electron chi connectivity index (χ3n) is 8.74. The maximum Gasteiger partial charge on any atom is 0.410 e. The number of fused-ring (bicyclic) bond motifs is 1. The van der Waals surface area contributed by atoms with E-state index in [0.717, 1.165) is 43.4 Å². The Labute approximate surface area is 271 Å². The number of para-hydroxylation sites is 1. The lowest BCUT2D eigenvalue weighted by Crippen LogP contribution is -2.52. The number of nitrogens with one attached hydrogen (secondary N) is 2. The number of ether oxygens (including phenoxy) is 3. The third kappa shape index (κ3) is 10.9. The SMILES string of the molecule is CC(C)(C)OC(=O)N1CCC(OC(=O)NC(CC2CCCCC2)C(=O)NC(C=O)CCC(=O)N2CCOc3ccccc3C2)CC1. The summed E-state index contributed by atoms with van der Waals surface area (Å²) in [6.45, 7) is 7.47. The first-order valence-electron chi connectivity index (χ1n) is 16.7. The third-order valence-corrected chi connectivity index (χ3v) is 8.74. The molecule has 2 heterocycles. The summed E-state index contributed by atoms with van der Waals surface area (Å²) in [5, 5.41) is 5.51. The van der Waals surface area contributed by atoms with Crippen LogP contribution in [0.4, 0.5) is 9.59 Å². The van der Waals surface area contributed by atoms with E-state index in [-0.39, 0.29) is 24.7 Å². The number of benzene rings is 1. The largest absolute Gasteiger partial charge is 0.491 e. The van der Waals surface area contributed by atoms with Crippen molar-refractivity contribution in [3.63, 3.8) is 0 Å². The van der Waals surface area contributed by atoms with Gasteiger partial charge in [0.25, 0.3) is 0 Å². The highest BCUT2D eigenvalue weighted by molar-refractivity contribution is 5.87. The molecular weight excluding hydrogens is 592 g/mol. The number of nitrogens with zero attached hydrogens (tertiary/aromatic N) is 2. The van der Waals surface area contributed by atoms with Gasteiger partial charge in [0.2, 0.25) is 11.8 Å². The molecule has 0 bridgehead atoms. The van der Waals surface area contributed by atoms with Crippen LogP contribution in [-0.2, 0) is 30.4 Å². The van der Waals surface area contributed by atoms with Gasteiger partial charge in [0, 0.05) is 44.5 Å². The van der Waals surface area contributed by atoms with Crippen LogP contribution in [0.5, 0.6) is 5.75 Å². The van der Waals surface area contributed by atoms with Crippen molar-refractivity contribution in [2.45, 2.75) is 115 Å². The molecule has 1 aliphatic carbocycles. The quantitative estimate of drug-likeness (QED) is 0.359. The minimum absolute atomic E-state index is 0.0800. The number of likely N-dealkylation sites (tertiary alicyclic amines) is 1. The van der Waals surface area contributed by atoms with Crippen molar-refractivity contribution in [2.75, 3.05) is 26.2 Å². The Morgan fingerprint density at radius 1 is 0.978 bits per heavy atom. The van der Waals surface area contributed by atoms with Crippen molar-refractivity contribution in [1.29, 1.82) is 0 Å². The fraction of sp³-hybridized carbons (Fsp3) is 0.676. The van der Waals surface area contributed by atoms with E-state index in [1.165, 1.54) is 0 Å². The Hall–Kier alpha value is -3.83. The zero-order valence-corrected chi connectivity index (χ0v) is 27.5. The van der Waals surface area contributed by atoms with Crippen LogP contribution < -0.4 is 15.4 Å². The van der Waals surface area contributed by atoms with Crippen LogP contribution in [0.25, 0.3) is 0 Å². The zero-order chi connectivity index (χ0) is 33.1. The molecule has 1 saturated carbocycles. The van der Waals surface area contributed by atoms with E-state index in [4.69, 9.17) is 14.2 Å². The second-order valence-electron chi connectivity index (χ2n) is 13.6. The molecule has 1 saturated heterocycles. The highest BCUT2D eigenvalue weighted by Gasteiger charge is 2.32. The van der Waals surface area contributed by atoms with Crippen molar-refractivity contribution >= 4 is 30.3 Å². The summed E-state index contributed by atoms with van der Waals surface area (Å²) in [4.78, 5) is 67.2. The van der Waals surface area contributed by atoms with Gasteiger partial charge in [0.05, 0.1) is 12.6 Å². The first kappa shape index (κ1) is 35.0. The molecule has 1 aromatic carbocycles. The first-order valence-corrected chi connectivity index (χ1v) is 16.7. The molecule has 0 radical (unpaired) electrons. The van der Waals surface area contributed by atoms with Gasteiger partial charge in [-0.1, -0.05) is 50.3 Å². The predicted molar refractivity (Wildman–Crippen MR) is 170 cm³/mol. The number of rotatable bonds is 10. The van der Waals surface area contributed by atoms with E-state index in [9.17, 15) is 24.0 Å². The standard InChI is InChI=1S/C34H50N4O8/c1-34(2,3)46-33(43)37-17-15-27(16-18-37)45-32(42)36-28(21-24-9-5-4-6-10-24)31(41)35-26(23-39)13-14-30(40)38-19-20-44-29-12-8-7-11-25(29)22-38/h7-8,11-12,23-24,26-28H,4-6,9-10,13-22H2,1-3H3,(H,35,41)(H,36,42). The number of aldehydes is 1. The van der Waals surface area contributed by atoms with E-state index in [1.54, 1.807) is 9.80 Å². The second-order valence-corrected chi connectivity index (χ2v) is 13.6. The highest BCUT2D eigenvalue weighted by Crippen LogP contribution is 2.28. The molecule has 3 aliphatic rings. The lowest BCUT2D eigenvalue weighted by Gasteiger charge is -2.33. The van der Waals surface area contributed by atoms with Gasteiger partial charge >= 0.3 is 12.2 Å². The molecule has 4 rings (SSSR count). The van der Waals surface area contributed by atoms with Crippen molar-refractivity contribution in [2.24, 2.45) is 5.92 Å². The minimum Gasteiger partial charge on any atom is -0.491 e. The summed E-state index contributed by atoms with van der Waals surface area (Å²) in [6, 6.07) is 5.83. The van der Waals surface area contributed by atoms with E-state index in [1.807, 2.05) is 45.0 Å². The molecule has 12 heteroatoms. The second kappa shape index (κ2) is 16.6. The lowest BCUT2D eigenvalue weighted by molar-refractivity contribution is -0.133. The summed E-state index contributed by atoms with van der Waals surface area (Å²) >= 11 is 0. The van der Waals surface area contributed by atoms with Gasteiger partial charge in [-0.3, -0.25) is 9.59 Å². The van der Waals surface area contributed by atoms with Gasteiger partial charge in [0.15, 0.2) is 0 Å². The number of amides is 4. The number of alkyl carbamates (subject to hydrolysis) is 1. The van der Waals surface area contributed by atoms with Crippen molar-refractivity contribution in [3.8, 4) is 5.75 Å². The Balaban J connectivity index is 1.28. The van der Waals surface area contributed by atoms with Crippen LogP contribution in [0, 0.1) is 5.92 Å². The smallest absolute Gasteiger partial charge is 0.410 e. The van der Waals surface area contributed by atoms with Gasteiger partial charge in [-0.25, -0.2) is 9.59 Å². The maximum atomic E-state index is 13.5. The number of carbonyl (C=O) groups excluding carboxylic acids is 5. The van der Waals surface area contributed by atoms with Crippen LogP contribution in [0.1, 0.15) is 90.5 Å². The van der Waals surface area contributed by atoms with Crippen LogP contribution in [0.3, 0.4) is 0 Å². The first-order chi connectivity index (χ1) is 22.0. The molecule has 0 aromatic heterocycles. The van der Waals surface area contributed by atoms with Crippen molar-refractivity contribution < 1.29 is 38.2 Å². The fourth-order valence-corrected chi connectivity index (χ4v) is 6.23.